The molecule has 1 aromatic carbocycles. The fourth-order valence-electron chi connectivity index (χ4n) is 4.31. The van der Waals surface area contributed by atoms with E-state index in [1.807, 2.05) is 19.1 Å². The third kappa shape index (κ3) is 5.96. The number of hydrogen-bond donors (Lipinski definition) is 1. The van der Waals surface area contributed by atoms with Gasteiger partial charge in [0, 0.05) is 25.0 Å². The molecule has 0 saturated carbocycles. The van der Waals surface area contributed by atoms with Crippen LogP contribution in [0.2, 0.25) is 0 Å². The highest BCUT2D eigenvalue weighted by Crippen LogP contribution is 2.43. The lowest BCUT2D eigenvalue weighted by Crippen LogP contribution is -2.45. The van der Waals surface area contributed by atoms with Gasteiger partial charge in [0.1, 0.15) is 18.3 Å². The van der Waals surface area contributed by atoms with Crippen molar-refractivity contribution in [2.45, 2.75) is 38.5 Å². The smallest absolute Gasteiger partial charge is 0.420 e. The van der Waals surface area contributed by atoms with Crippen molar-refractivity contribution in [2.75, 3.05) is 32.8 Å². The highest BCUT2D eigenvalue weighted by molar-refractivity contribution is 5.78. The van der Waals surface area contributed by atoms with Crippen LogP contribution in [0.5, 0.6) is 11.5 Å². The number of benzene rings is 1. The van der Waals surface area contributed by atoms with Gasteiger partial charge >= 0.3 is 6.18 Å². The van der Waals surface area contributed by atoms with Crippen LogP contribution in [-0.4, -0.2) is 54.7 Å². The summed E-state index contributed by atoms with van der Waals surface area (Å²) >= 11 is 0. The lowest BCUT2D eigenvalue weighted by atomic mass is 9.96. The number of carbonyl (C=O) groups is 1. The molecule has 33 heavy (non-hydrogen) atoms. The normalized spacial score (nSPS) is 19.3. The summed E-state index contributed by atoms with van der Waals surface area (Å²) in [6.45, 7) is 4.84. The van der Waals surface area contributed by atoms with Gasteiger partial charge in [-0.1, -0.05) is 12.1 Å². The zero-order valence-electron chi connectivity index (χ0n) is 18.5. The Bertz CT molecular complexity index is 975. The first-order chi connectivity index (χ1) is 15.8. The van der Waals surface area contributed by atoms with Gasteiger partial charge in [-0.25, -0.2) is 0 Å². The minimum atomic E-state index is -4.49. The summed E-state index contributed by atoms with van der Waals surface area (Å²) in [5.41, 5.74) is 0.982. The van der Waals surface area contributed by atoms with E-state index < -0.39 is 17.8 Å². The SMILES string of the molecule is Cc1ncccc1CC(=O)NCC1CCN(C[C@H]2COc3cccc(C(F)(F)F)c3O2)CC1. The summed E-state index contributed by atoms with van der Waals surface area (Å²) in [6, 6.07) is 7.57. The Kier molecular flexibility index (Phi) is 7.07. The van der Waals surface area contributed by atoms with Crippen LogP contribution in [0.15, 0.2) is 36.5 Å². The average Bonchev–Trinajstić information content (AvgIpc) is 2.79. The first-order valence-corrected chi connectivity index (χ1v) is 11.2. The molecule has 0 radical (unpaired) electrons. The zero-order valence-corrected chi connectivity index (χ0v) is 18.5. The van der Waals surface area contributed by atoms with E-state index in [4.69, 9.17) is 9.47 Å². The highest BCUT2D eigenvalue weighted by Gasteiger charge is 2.38. The number of nitrogens with zero attached hydrogens (tertiary/aromatic N) is 2. The van der Waals surface area contributed by atoms with Crippen molar-refractivity contribution in [3.8, 4) is 11.5 Å². The van der Waals surface area contributed by atoms with E-state index in [2.05, 4.69) is 15.2 Å². The molecule has 178 valence electrons. The van der Waals surface area contributed by atoms with Gasteiger partial charge in [0.2, 0.25) is 5.91 Å². The number of carbonyl (C=O) groups excluding carboxylic acids is 1. The van der Waals surface area contributed by atoms with Crippen molar-refractivity contribution in [3.63, 3.8) is 0 Å². The van der Waals surface area contributed by atoms with Gasteiger partial charge in [0.05, 0.1) is 6.42 Å². The molecule has 0 bridgehead atoms. The fraction of sp³-hybridized carbons (Fsp3) is 0.500. The van der Waals surface area contributed by atoms with Gasteiger partial charge in [-0.05, 0) is 62.5 Å². The summed E-state index contributed by atoms with van der Waals surface area (Å²) in [5, 5.41) is 3.02. The molecular formula is C24H28F3N3O3. The topological polar surface area (TPSA) is 63.7 Å². The molecule has 1 N–H and O–H groups in total. The van der Waals surface area contributed by atoms with Crippen LogP contribution in [0.3, 0.4) is 0 Å². The number of pyridine rings is 1. The molecule has 3 heterocycles. The standard InChI is InChI=1S/C24H28F3N3O3/c1-16-18(4-3-9-28-16)12-22(31)29-13-17-7-10-30(11-8-17)14-19-15-32-21-6-2-5-20(23(21)33-19)24(25,26)27/h2-6,9,17,19H,7-8,10-15H2,1H3,(H,29,31)/t19-/m0/s1. The lowest BCUT2D eigenvalue weighted by molar-refractivity contribution is -0.140. The van der Waals surface area contributed by atoms with Crippen molar-refractivity contribution in [1.82, 2.24) is 15.2 Å². The molecule has 0 unspecified atom stereocenters. The molecule has 0 spiro atoms. The molecule has 2 aromatic rings. The van der Waals surface area contributed by atoms with Gasteiger partial charge in [-0.15, -0.1) is 0 Å². The maximum atomic E-state index is 13.3. The second-order valence-corrected chi connectivity index (χ2v) is 8.65. The Morgan fingerprint density at radius 2 is 2.00 bits per heavy atom. The number of halogens is 3. The number of fused-ring (bicyclic) bond motifs is 1. The number of aryl methyl sites for hydroxylation is 1. The second kappa shape index (κ2) is 9.99. The van der Waals surface area contributed by atoms with Crippen molar-refractivity contribution in [3.05, 3.63) is 53.3 Å². The Labute approximate surface area is 191 Å². The third-order valence-corrected chi connectivity index (χ3v) is 6.22. The summed E-state index contributed by atoms with van der Waals surface area (Å²) in [5.74, 6) is 0.279. The summed E-state index contributed by atoms with van der Waals surface area (Å²) in [7, 11) is 0. The minimum absolute atomic E-state index is 0.0135. The number of alkyl halides is 3. The molecule has 2 aliphatic rings. The van der Waals surface area contributed by atoms with E-state index in [0.717, 1.165) is 43.3 Å². The number of piperidine rings is 1. The van der Waals surface area contributed by atoms with Gasteiger partial charge in [-0.2, -0.15) is 13.2 Å². The van der Waals surface area contributed by atoms with Crippen molar-refractivity contribution in [2.24, 2.45) is 5.92 Å². The molecule has 1 fully saturated rings. The first kappa shape index (κ1) is 23.4. The first-order valence-electron chi connectivity index (χ1n) is 11.2. The van der Waals surface area contributed by atoms with Crippen LogP contribution in [0.4, 0.5) is 13.2 Å². The number of ether oxygens (including phenoxy) is 2. The van der Waals surface area contributed by atoms with Crippen LogP contribution in [-0.2, 0) is 17.4 Å². The van der Waals surface area contributed by atoms with Gasteiger partial charge in [0.15, 0.2) is 11.5 Å². The van der Waals surface area contributed by atoms with E-state index in [1.165, 1.54) is 12.1 Å². The Morgan fingerprint density at radius 1 is 1.21 bits per heavy atom. The number of nitrogens with one attached hydrogen (secondary N) is 1. The second-order valence-electron chi connectivity index (χ2n) is 8.65. The molecule has 9 heteroatoms. The zero-order chi connectivity index (χ0) is 23.4. The van der Waals surface area contributed by atoms with E-state index in [1.54, 1.807) is 6.20 Å². The Morgan fingerprint density at radius 3 is 2.73 bits per heavy atom. The van der Waals surface area contributed by atoms with Gasteiger partial charge in [-0.3, -0.25) is 14.7 Å². The number of likely N-dealkylation sites (tertiary alicyclic amines) is 1. The molecule has 1 atom stereocenters. The van der Waals surface area contributed by atoms with Crippen molar-refractivity contribution >= 4 is 5.91 Å². The monoisotopic (exact) mass is 463 g/mol. The number of hydrogen-bond acceptors (Lipinski definition) is 5. The quantitative estimate of drug-likeness (QED) is 0.709. The predicted molar refractivity (Wildman–Crippen MR) is 116 cm³/mol. The van der Waals surface area contributed by atoms with E-state index in [0.29, 0.717) is 25.4 Å². The van der Waals surface area contributed by atoms with Crippen LogP contribution in [0.25, 0.3) is 0 Å². The molecule has 1 aromatic heterocycles. The summed E-state index contributed by atoms with van der Waals surface area (Å²) in [6.07, 6.45) is -1.11. The number of rotatable bonds is 6. The van der Waals surface area contributed by atoms with Crippen molar-refractivity contribution < 1.29 is 27.4 Å². The number of aromatic nitrogens is 1. The fourth-order valence-corrected chi connectivity index (χ4v) is 4.31. The third-order valence-electron chi connectivity index (χ3n) is 6.22. The summed E-state index contributed by atoms with van der Waals surface area (Å²) < 4.78 is 51.2. The molecule has 6 nitrogen and oxygen atoms in total. The maximum Gasteiger partial charge on any atom is 0.420 e. The molecular weight excluding hydrogens is 435 g/mol. The molecule has 1 amide bonds. The minimum Gasteiger partial charge on any atom is -0.486 e. The number of amides is 1. The van der Waals surface area contributed by atoms with E-state index in [9.17, 15) is 18.0 Å². The lowest BCUT2D eigenvalue weighted by Gasteiger charge is -2.36. The summed E-state index contributed by atoms with van der Waals surface area (Å²) in [4.78, 5) is 18.7. The highest BCUT2D eigenvalue weighted by atomic mass is 19.4. The van der Waals surface area contributed by atoms with Gasteiger partial charge < -0.3 is 14.8 Å². The van der Waals surface area contributed by atoms with Gasteiger partial charge in [0.25, 0.3) is 0 Å². The van der Waals surface area contributed by atoms with Crippen LogP contribution < -0.4 is 14.8 Å². The van der Waals surface area contributed by atoms with Crippen LogP contribution in [0, 0.1) is 12.8 Å². The largest absolute Gasteiger partial charge is 0.486 e. The van der Waals surface area contributed by atoms with Crippen LogP contribution in [0.1, 0.15) is 29.7 Å². The average molecular weight is 464 g/mol. The Hall–Kier alpha value is -2.81. The van der Waals surface area contributed by atoms with Crippen LogP contribution >= 0.6 is 0 Å². The van der Waals surface area contributed by atoms with Crippen molar-refractivity contribution in [1.29, 1.82) is 0 Å². The van der Waals surface area contributed by atoms with E-state index >= 15 is 0 Å². The Balaban J connectivity index is 1.22. The predicted octanol–water partition coefficient (Wildman–Crippen LogP) is 3.62. The number of para-hydroxylation sites is 1. The molecule has 4 rings (SSSR count). The van der Waals surface area contributed by atoms with E-state index in [-0.39, 0.29) is 24.0 Å². The molecule has 2 aliphatic heterocycles. The maximum absolute atomic E-state index is 13.3. The molecule has 1 saturated heterocycles. The molecule has 0 aliphatic carbocycles.